The molecule has 4 nitrogen and oxygen atoms in total. The van der Waals surface area contributed by atoms with Gasteiger partial charge in [0.05, 0.1) is 6.61 Å². The van der Waals surface area contributed by atoms with E-state index < -0.39 is 0 Å². The minimum absolute atomic E-state index is 0. The molecule has 0 bridgehead atoms. The Bertz CT molecular complexity index is 36.1. The van der Waals surface area contributed by atoms with Crippen molar-refractivity contribution in [1.82, 2.24) is 0 Å². The summed E-state index contributed by atoms with van der Waals surface area (Å²) in [6.45, 7) is 0.583. The number of hydrogen-bond acceptors (Lipinski definition) is 3. The maximum absolute atomic E-state index is 7.75. The van der Waals surface area contributed by atoms with Crippen LogP contribution in [0.5, 0.6) is 0 Å². The summed E-state index contributed by atoms with van der Waals surface area (Å²) in [7, 11) is 0. The van der Waals surface area contributed by atoms with Crippen molar-refractivity contribution in [1.29, 1.82) is 0 Å². The zero-order valence-corrected chi connectivity index (χ0v) is 11.9. The number of halogens is 4. The maximum Gasteiger partial charge on any atom is 4.00 e. The Hall–Kier alpha value is 1.69. The molecule has 0 atom stereocenters. The molecule has 0 fully saturated rings. The van der Waals surface area contributed by atoms with E-state index in [1.807, 2.05) is 0 Å². The standard InChI is InChI=1S/C2H7NO.C2H6NO.4ClH.Pt/c2*3-1-2-4;;;;;/h4H,1-3H2;3-4H,1-2H2;4*1H;/q;-1;;;;;+4/p-4. The van der Waals surface area contributed by atoms with Crippen LogP contribution in [0.15, 0.2) is 0 Å². The number of nitrogens with one attached hydrogen (secondary N) is 1. The molecule has 0 saturated heterocycles. The minimum atomic E-state index is -0.0139. The number of aliphatic hydroxyl groups is 2. The smallest absolute Gasteiger partial charge is 1.00 e. The van der Waals surface area contributed by atoms with Gasteiger partial charge in [0, 0.05) is 13.2 Å². The van der Waals surface area contributed by atoms with E-state index in [2.05, 4.69) is 0 Å². The molecule has 0 rings (SSSR count). The molecule has 13 heavy (non-hydrogen) atoms. The zero-order chi connectivity index (χ0) is 6.83. The van der Waals surface area contributed by atoms with Gasteiger partial charge in [0.15, 0.2) is 0 Å². The van der Waals surface area contributed by atoms with Crippen LogP contribution >= 0.6 is 0 Å². The number of aliphatic hydroxyl groups excluding tert-OH is 2. The number of nitrogens with two attached hydrogens (primary N) is 1. The van der Waals surface area contributed by atoms with Crippen LogP contribution in [-0.4, -0.2) is 36.5 Å². The molecular weight excluding hydrogens is 445 g/mol. The Morgan fingerprint density at radius 3 is 1.08 bits per heavy atom. The first-order valence-corrected chi connectivity index (χ1v) is 2.39. The van der Waals surface area contributed by atoms with E-state index in [4.69, 9.17) is 21.7 Å². The van der Waals surface area contributed by atoms with Crippen LogP contribution in [0.25, 0.3) is 5.73 Å². The molecule has 0 radical (unpaired) electrons. The van der Waals surface area contributed by atoms with Crippen LogP contribution in [-0.2, 0) is 21.1 Å². The summed E-state index contributed by atoms with van der Waals surface area (Å²) in [6.07, 6.45) is 0. The van der Waals surface area contributed by atoms with Gasteiger partial charge in [0.2, 0.25) is 0 Å². The summed E-state index contributed by atoms with van der Waals surface area (Å²) in [4.78, 5) is 0. The Labute approximate surface area is 118 Å². The molecule has 9 heteroatoms. The van der Waals surface area contributed by atoms with Gasteiger partial charge in [-0.25, -0.2) is 0 Å². The van der Waals surface area contributed by atoms with Crippen molar-refractivity contribution in [2.45, 2.75) is 0 Å². The molecule has 0 unspecified atom stereocenters. The van der Waals surface area contributed by atoms with Crippen LogP contribution in [0.4, 0.5) is 0 Å². The summed E-state index contributed by atoms with van der Waals surface area (Å²) in [5.41, 5.74) is 11.0. The second-order valence-electron chi connectivity index (χ2n) is 0.986. The molecule has 0 aliphatic carbocycles. The van der Waals surface area contributed by atoms with E-state index in [-0.39, 0.29) is 90.5 Å². The third-order valence-corrected chi connectivity index (χ3v) is 0.241. The van der Waals surface area contributed by atoms with Crippen LogP contribution in [0.2, 0.25) is 0 Å². The normalized spacial score (nSPS) is 4.62. The molecule has 0 amide bonds. The first-order valence-electron chi connectivity index (χ1n) is 2.39. The predicted molar refractivity (Wildman–Crippen MR) is 32.4 cm³/mol. The van der Waals surface area contributed by atoms with E-state index in [0.29, 0.717) is 6.54 Å². The third-order valence-electron chi connectivity index (χ3n) is 0.241. The van der Waals surface area contributed by atoms with Crippen molar-refractivity contribution in [2.24, 2.45) is 5.73 Å². The van der Waals surface area contributed by atoms with Gasteiger partial charge in [-0.1, -0.05) is 0 Å². The first kappa shape index (κ1) is 46.6. The Morgan fingerprint density at radius 2 is 1.08 bits per heavy atom. The number of hydrogen-bond donors (Lipinski definition) is 3. The molecule has 0 aliphatic rings. The molecule has 0 aromatic carbocycles. The van der Waals surface area contributed by atoms with Gasteiger partial charge in [-0.2, -0.15) is 0 Å². The van der Waals surface area contributed by atoms with Gasteiger partial charge in [0.25, 0.3) is 0 Å². The Balaban J connectivity index is -0.00000000800. The maximum atomic E-state index is 7.75. The third kappa shape index (κ3) is 137. The average Bonchev–Trinajstić information content (AvgIpc) is 1.88. The SMILES string of the molecule is NCCO.[Cl-].[Cl-].[Cl-].[Cl-].[NH-]CCO.[Pt+4]. The predicted octanol–water partition coefficient (Wildman–Crippen LogP) is -13.0. The van der Waals surface area contributed by atoms with E-state index in [1.165, 1.54) is 0 Å². The van der Waals surface area contributed by atoms with Gasteiger partial charge in [-0.15, -0.1) is 6.54 Å². The minimum Gasteiger partial charge on any atom is -1.00 e. The van der Waals surface area contributed by atoms with E-state index in [1.54, 1.807) is 0 Å². The molecule has 0 aromatic rings. The Morgan fingerprint density at radius 1 is 0.923 bits per heavy atom. The molecule has 90 valence electrons. The summed E-state index contributed by atoms with van der Waals surface area (Å²) in [6, 6.07) is 0. The molecule has 0 spiro atoms. The van der Waals surface area contributed by atoms with Crippen LogP contribution in [0.1, 0.15) is 0 Å². The van der Waals surface area contributed by atoms with Crippen LogP contribution in [0, 0.1) is 0 Å². The van der Waals surface area contributed by atoms with Crippen LogP contribution in [0.3, 0.4) is 0 Å². The molecular formula is C4H13Cl4N2O2Pt-. The molecule has 0 aromatic heterocycles. The van der Waals surface area contributed by atoms with Crippen LogP contribution < -0.4 is 55.4 Å². The topological polar surface area (TPSA) is 90.3 Å². The van der Waals surface area contributed by atoms with E-state index in [0.717, 1.165) is 0 Å². The molecule has 0 aliphatic heterocycles. The summed E-state index contributed by atoms with van der Waals surface area (Å²) < 4.78 is 0. The zero-order valence-electron chi connectivity index (χ0n) is 6.63. The van der Waals surface area contributed by atoms with Gasteiger partial charge in [0.1, 0.15) is 0 Å². The van der Waals surface area contributed by atoms with Gasteiger partial charge >= 0.3 is 21.1 Å². The fourth-order valence-corrected chi connectivity index (χ4v) is 0. The van der Waals surface area contributed by atoms with Crippen molar-refractivity contribution in [3.63, 3.8) is 0 Å². The van der Waals surface area contributed by atoms with Crippen molar-refractivity contribution in [3.8, 4) is 0 Å². The fourth-order valence-electron chi connectivity index (χ4n) is 0. The van der Waals surface area contributed by atoms with Crippen molar-refractivity contribution < 1.29 is 80.9 Å². The summed E-state index contributed by atoms with van der Waals surface area (Å²) in [5.74, 6) is 0. The van der Waals surface area contributed by atoms with Gasteiger partial charge < -0.3 is 71.3 Å². The Kier molecular flexibility index (Phi) is 244. The van der Waals surface area contributed by atoms with E-state index in [9.17, 15) is 0 Å². The van der Waals surface area contributed by atoms with E-state index >= 15 is 0 Å². The second kappa shape index (κ2) is 68.1. The van der Waals surface area contributed by atoms with Crippen molar-refractivity contribution in [2.75, 3.05) is 26.3 Å². The fraction of sp³-hybridized carbons (Fsp3) is 1.00. The molecule has 5 N–H and O–H groups in total. The monoisotopic (exact) mass is 456 g/mol. The average molecular weight is 458 g/mol. The van der Waals surface area contributed by atoms with Gasteiger partial charge in [-0.3, -0.25) is 0 Å². The summed E-state index contributed by atoms with van der Waals surface area (Å²) in [5, 5.41) is 15.4. The first-order chi connectivity index (χ1) is 3.83. The quantitative estimate of drug-likeness (QED) is 0.384. The summed E-state index contributed by atoms with van der Waals surface area (Å²) >= 11 is 0. The van der Waals surface area contributed by atoms with Crippen molar-refractivity contribution in [3.05, 3.63) is 5.73 Å². The largest absolute Gasteiger partial charge is 4.00 e. The molecule has 0 saturated carbocycles. The number of rotatable bonds is 2. The van der Waals surface area contributed by atoms with Crippen molar-refractivity contribution >= 4 is 0 Å². The molecule has 0 heterocycles. The van der Waals surface area contributed by atoms with Gasteiger partial charge in [-0.05, 0) is 0 Å². The second-order valence-corrected chi connectivity index (χ2v) is 0.986.